The van der Waals surface area contributed by atoms with Gasteiger partial charge in [0.25, 0.3) is 0 Å². The van der Waals surface area contributed by atoms with Gasteiger partial charge in [0.1, 0.15) is 5.58 Å². The highest BCUT2D eigenvalue weighted by Crippen LogP contribution is 2.64. The van der Waals surface area contributed by atoms with Gasteiger partial charge in [0.2, 0.25) is 0 Å². The maximum absolute atomic E-state index is 7.38. The van der Waals surface area contributed by atoms with Gasteiger partial charge in [-0.05, 0) is 84.3 Å². The van der Waals surface area contributed by atoms with Crippen LogP contribution >= 0.6 is 0 Å². The fourth-order valence-corrected chi connectivity index (χ4v) is 11.3. The molecule has 0 N–H and O–H groups in total. The van der Waals surface area contributed by atoms with Crippen LogP contribution in [0.5, 0.6) is 0 Å². The molecule has 10 aromatic carbocycles. The predicted octanol–water partition coefficient (Wildman–Crippen LogP) is 14.4. The van der Waals surface area contributed by atoms with Crippen LogP contribution in [0.1, 0.15) is 22.3 Å². The summed E-state index contributed by atoms with van der Waals surface area (Å²) in [5.41, 5.74) is 17.7. The van der Waals surface area contributed by atoms with Crippen LogP contribution < -0.4 is 0 Å². The van der Waals surface area contributed by atoms with E-state index in [9.17, 15) is 0 Å². The first kappa shape index (κ1) is 29.9. The van der Waals surface area contributed by atoms with Crippen molar-refractivity contribution in [3.05, 3.63) is 210 Å². The first-order valence-corrected chi connectivity index (χ1v) is 19.9. The minimum absolute atomic E-state index is 0.433. The fraction of sp³-hybridized carbons (Fsp3) is 0.0182. The molecule has 2 aliphatic carbocycles. The van der Waals surface area contributed by atoms with Crippen molar-refractivity contribution in [2.75, 3.05) is 0 Å². The standard InChI is InChI=1S/C55H31NO/c1-2-14-32(15-3-1)33-26-27-39-34-16-4-5-17-35(34)40-29-31-48(54-51(40)50(39)53(33)57-54)56-47-25-13-9-20-38(47)41-28-30-46-49(52(41)56)42-21-8-12-24-45(42)55(46)43-22-10-6-18-36(43)37-19-7-11-23-44(37)55/h1-31H. The molecule has 12 aromatic rings. The number of furan rings is 1. The lowest BCUT2D eigenvalue weighted by Crippen LogP contribution is -2.25. The van der Waals surface area contributed by atoms with Gasteiger partial charge in [-0.2, -0.15) is 0 Å². The maximum atomic E-state index is 7.38. The Balaban J connectivity index is 1.18. The number of nitrogens with zero attached hydrogens (tertiary/aromatic N) is 1. The molecule has 14 rings (SSSR count). The Kier molecular flexibility index (Phi) is 5.48. The predicted molar refractivity (Wildman–Crippen MR) is 236 cm³/mol. The molecule has 0 radical (unpaired) electrons. The molecule has 2 aliphatic rings. The van der Waals surface area contributed by atoms with Gasteiger partial charge in [-0.15, -0.1) is 0 Å². The van der Waals surface area contributed by atoms with Gasteiger partial charge >= 0.3 is 0 Å². The van der Waals surface area contributed by atoms with Crippen molar-refractivity contribution in [3.63, 3.8) is 0 Å². The molecule has 0 saturated heterocycles. The molecule has 0 amide bonds. The largest absolute Gasteiger partial charge is 0.453 e. The number of para-hydroxylation sites is 1. The molecule has 1 spiro atoms. The second kappa shape index (κ2) is 10.5. The summed E-state index contributed by atoms with van der Waals surface area (Å²) in [5.74, 6) is 0. The minimum atomic E-state index is -0.433. The van der Waals surface area contributed by atoms with E-state index < -0.39 is 5.41 Å². The van der Waals surface area contributed by atoms with E-state index in [0.29, 0.717) is 0 Å². The van der Waals surface area contributed by atoms with Gasteiger partial charge in [0, 0.05) is 32.7 Å². The summed E-state index contributed by atoms with van der Waals surface area (Å²) in [6.45, 7) is 0. The van der Waals surface area contributed by atoms with Crippen molar-refractivity contribution in [2.45, 2.75) is 5.41 Å². The second-order valence-corrected chi connectivity index (χ2v) is 15.8. The molecule has 0 unspecified atom stereocenters. The van der Waals surface area contributed by atoms with Crippen LogP contribution in [0.3, 0.4) is 0 Å². The minimum Gasteiger partial charge on any atom is -0.453 e. The zero-order valence-electron chi connectivity index (χ0n) is 30.8. The molecule has 2 nitrogen and oxygen atoms in total. The van der Waals surface area contributed by atoms with Crippen LogP contribution in [0.25, 0.3) is 104 Å². The molecule has 2 heteroatoms. The summed E-state index contributed by atoms with van der Waals surface area (Å²) in [4.78, 5) is 0. The summed E-state index contributed by atoms with van der Waals surface area (Å²) in [5, 5.41) is 9.79. The summed E-state index contributed by atoms with van der Waals surface area (Å²) in [7, 11) is 0. The van der Waals surface area contributed by atoms with E-state index in [-0.39, 0.29) is 0 Å². The molecule has 2 aromatic heterocycles. The lowest BCUT2D eigenvalue weighted by molar-refractivity contribution is 0.668. The summed E-state index contributed by atoms with van der Waals surface area (Å²) >= 11 is 0. The molecule has 0 fully saturated rings. The smallest absolute Gasteiger partial charge is 0.160 e. The van der Waals surface area contributed by atoms with Gasteiger partial charge in [0.15, 0.2) is 5.58 Å². The molecule has 0 atom stereocenters. The SMILES string of the molecule is c1ccc(-c2ccc3c4ccccc4c4ccc(-n5c6ccccc6c6ccc7c(c65)-c5ccccc5C75c6ccccc6-c6ccccc65)c5oc2c3c54)cc1. The van der Waals surface area contributed by atoms with Gasteiger partial charge in [-0.25, -0.2) is 0 Å². The Hall–Kier alpha value is -7.42. The van der Waals surface area contributed by atoms with Crippen LogP contribution in [0.2, 0.25) is 0 Å². The normalized spacial score (nSPS) is 13.8. The van der Waals surface area contributed by atoms with Crippen molar-refractivity contribution in [1.82, 2.24) is 4.57 Å². The Morgan fingerprint density at radius 1 is 0.351 bits per heavy atom. The molecule has 2 heterocycles. The maximum Gasteiger partial charge on any atom is 0.160 e. The molecule has 57 heavy (non-hydrogen) atoms. The van der Waals surface area contributed by atoms with Gasteiger partial charge in [-0.1, -0.05) is 170 Å². The third kappa shape index (κ3) is 3.46. The Morgan fingerprint density at radius 3 is 1.61 bits per heavy atom. The third-order valence-electron chi connectivity index (χ3n) is 13.4. The van der Waals surface area contributed by atoms with Crippen LogP contribution in [0.15, 0.2) is 192 Å². The molecular formula is C55H31NO. The van der Waals surface area contributed by atoms with Crippen molar-refractivity contribution < 1.29 is 4.42 Å². The molecular weight excluding hydrogens is 691 g/mol. The van der Waals surface area contributed by atoms with Gasteiger partial charge < -0.3 is 8.98 Å². The quantitative estimate of drug-likeness (QED) is 0.163. The molecule has 0 saturated carbocycles. The first-order chi connectivity index (χ1) is 28.3. The fourth-order valence-electron chi connectivity index (χ4n) is 11.3. The highest BCUT2D eigenvalue weighted by atomic mass is 16.3. The zero-order valence-corrected chi connectivity index (χ0v) is 30.8. The highest BCUT2D eigenvalue weighted by Gasteiger charge is 2.52. The topological polar surface area (TPSA) is 18.1 Å². The van der Waals surface area contributed by atoms with Gasteiger partial charge in [-0.3, -0.25) is 0 Å². The van der Waals surface area contributed by atoms with E-state index >= 15 is 0 Å². The van der Waals surface area contributed by atoms with Crippen molar-refractivity contribution in [2.24, 2.45) is 0 Å². The summed E-state index contributed by atoms with van der Waals surface area (Å²) in [6.07, 6.45) is 0. The second-order valence-electron chi connectivity index (χ2n) is 15.8. The number of aromatic nitrogens is 1. The number of rotatable bonds is 2. The number of hydrogen-bond donors (Lipinski definition) is 0. The van der Waals surface area contributed by atoms with Crippen molar-refractivity contribution in [1.29, 1.82) is 0 Å². The molecule has 0 aliphatic heterocycles. The average Bonchev–Trinajstić information content (AvgIpc) is 4.01. The Morgan fingerprint density at radius 2 is 0.895 bits per heavy atom. The van der Waals surface area contributed by atoms with Crippen LogP contribution in [0.4, 0.5) is 0 Å². The summed E-state index contributed by atoms with van der Waals surface area (Å²) < 4.78 is 9.90. The summed E-state index contributed by atoms with van der Waals surface area (Å²) in [6, 6.07) is 69.7. The van der Waals surface area contributed by atoms with E-state index in [1.165, 1.54) is 98.6 Å². The van der Waals surface area contributed by atoms with Gasteiger partial charge in [0.05, 0.1) is 22.1 Å². The Bertz CT molecular complexity index is 3650. The van der Waals surface area contributed by atoms with E-state index in [4.69, 9.17) is 4.42 Å². The number of benzene rings is 10. The van der Waals surface area contributed by atoms with Crippen LogP contribution in [-0.2, 0) is 5.41 Å². The third-order valence-corrected chi connectivity index (χ3v) is 13.4. The lowest BCUT2D eigenvalue weighted by atomic mass is 9.70. The van der Waals surface area contributed by atoms with Crippen molar-refractivity contribution in [3.8, 4) is 39.1 Å². The van der Waals surface area contributed by atoms with Crippen LogP contribution in [-0.4, -0.2) is 4.57 Å². The van der Waals surface area contributed by atoms with E-state index in [1.807, 2.05) is 0 Å². The zero-order chi connectivity index (χ0) is 37.0. The first-order valence-electron chi connectivity index (χ1n) is 19.9. The monoisotopic (exact) mass is 721 g/mol. The number of hydrogen-bond acceptors (Lipinski definition) is 1. The average molecular weight is 722 g/mol. The molecule has 0 bridgehead atoms. The highest BCUT2D eigenvalue weighted by molar-refractivity contribution is 6.35. The van der Waals surface area contributed by atoms with E-state index in [1.54, 1.807) is 0 Å². The molecule has 262 valence electrons. The Labute approximate surface area is 327 Å². The lowest BCUT2D eigenvalue weighted by Gasteiger charge is -2.30. The number of fused-ring (bicyclic) bond motifs is 17. The van der Waals surface area contributed by atoms with Crippen molar-refractivity contribution >= 4 is 65.3 Å². The van der Waals surface area contributed by atoms with Crippen LogP contribution in [0, 0.1) is 0 Å². The van der Waals surface area contributed by atoms with E-state index in [2.05, 4.69) is 193 Å². The van der Waals surface area contributed by atoms with E-state index in [0.717, 1.165) is 28.0 Å².